The van der Waals surface area contributed by atoms with Crippen molar-refractivity contribution in [2.45, 2.75) is 12.5 Å². The van der Waals surface area contributed by atoms with Crippen LogP contribution in [0.2, 0.25) is 0 Å². The van der Waals surface area contributed by atoms with Gasteiger partial charge in [0, 0.05) is 17.5 Å². The normalized spacial score (nSPS) is 16.3. The van der Waals surface area contributed by atoms with Crippen LogP contribution in [0.4, 0.5) is 0 Å². The number of carbonyl (C=O) groups is 1. The summed E-state index contributed by atoms with van der Waals surface area (Å²) in [6.07, 6.45) is -0.360. The van der Waals surface area contributed by atoms with E-state index < -0.39 is 6.10 Å². The molecule has 0 fully saturated rings. The van der Waals surface area contributed by atoms with Gasteiger partial charge >= 0.3 is 0 Å². The highest BCUT2D eigenvalue weighted by atomic mass is 16.5. The van der Waals surface area contributed by atoms with E-state index in [0.717, 1.165) is 16.9 Å². The van der Waals surface area contributed by atoms with Crippen LogP contribution in [0.15, 0.2) is 36.4 Å². The molecule has 0 spiro atoms. The largest absolute Gasteiger partial charge is 0.497 e. The van der Waals surface area contributed by atoms with E-state index in [0.29, 0.717) is 23.7 Å². The maximum atomic E-state index is 12.4. The van der Waals surface area contributed by atoms with Crippen molar-refractivity contribution in [2.24, 2.45) is 0 Å². The molecule has 5 nitrogen and oxygen atoms in total. The van der Waals surface area contributed by atoms with Gasteiger partial charge in [0.15, 0.2) is 23.4 Å². The average molecular weight is 314 g/mol. The lowest BCUT2D eigenvalue weighted by Gasteiger charge is -2.27. The molecule has 23 heavy (non-hydrogen) atoms. The van der Waals surface area contributed by atoms with E-state index in [1.165, 1.54) is 0 Å². The van der Waals surface area contributed by atoms with Crippen LogP contribution in [0.3, 0.4) is 0 Å². The smallest absolute Gasteiger partial charge is 0.203 e. The van der Waals surface area contributed by atoms with Gasteiger partial charge in [0.25, 0.3) is 0 Å². The van der Waals surface area contributed by atoms with E-state index in [1.807, 2.05) is 30.3 Å². The number of Topliss-reactive ketones (excluding diaryl/α,β-unsaturated/α-hetero) is 1. The monoisotopic (exact) mass is 314 g/mol. The maximum absolute atomic E-state index is 12.4. The number of ketones is 1. The molecule has 1 heterocycles. The van der Waals surface area contributed by atoms with E-state index in [1.54, 1.807) is 27.4 Å². The third-order valence-corrected chi connectivity index (χ3v) is 3.89. The van der Waals surface area contributed by atoms with E-state index in [2.05, 4.69) is 0 Å². The van der Waals surface area contributed by atoms with Crippen LogP contribution in [0.1, 0.15) is 17.2 Å². The highest BCUT2D eigenvalue weighted by Crippen LogP contribution is 2.45. The summed E-state index contributed by atoms with van der Waals surface area (Å²) in [5, 5.41) is 0. The van der Waals surface area contributed by atoms with E-state index in [4.69, 9.17) is 18.9 Å². The van der Waals surface area contributed by atoms with Gasteiger partial charge < -0.3 is 18.9 Å². The van der Waals surface area contributed by atoms with Crippen molar-refractivity contribution in [1.82, 2.24) is 0 Å². The molecule has 0 saturated heterocycles. The third-order valence-electron chi connectivity index (χ3n) is 3.89. The molecule has 120 valence electrons. The summed E-state index contributed by atoms with van der Waals surface area (Å²) in [6.45, 7) is 0. The van der Waals surface area contributed by atoms with E-state index >= 15 is 0 Å². The molecule has 5 heteroatoms. The number of hydrogen-bond donors (Lipinski definition) is 0. The molecular formula is C18H18O5. The fourth-order valence-corrected chi connectivity index (χ4v) is 2.70. The topological polar surface area (TPSA) is 54.0 Å². The lowest BCUT2D eigenvalue weighted by Crippen LogP contribution is -2.26. The summed E-state index contributed by atoms with van der Waals surface area (Å²) >= 11 is 0. The quantitative estimate of drug-likeness (QED) is 0.868. The second kappa shape index (κ2) is 6.20. The number of hydrogen-bond acceptors (Lipinski definition) is 5. The summed E-state index contributed by atoms with van der Waals surface area (Å²) in [6, 6.07) is 10.9. The van der Waals surface area contributed by atoms with Crippen LogP contribution in [-0.2, 0) is 11.2 Å². The first-order valence-electron chi connectivity index (χ1n) is 7.25. The maximum Gasteiger partial charge on any atom is 0.203 e. The van der Waals surface area contributed by atoms with Crippen molar-refractivity contribution < 1.29 is 23.7 Å². The highest BCUT2D eigenvalue weighted by Gasteiger charge is 2.32. The lowest BCUT2D eigenvalue weighted by atomic mass is 9.95. The molecule has 1 aliphatic rings. The summed E-state index contributed by atoms with van der Waals surface area (Å²) in [4.78, 5) is 12.4. The Bertz CT molecular complexity index is 721. The number of methoxy groups -OCH3 is 3. The number of fused-ring (bicyclic) bond motifs is 1. The van der Waals surface area contributed by atoms with Gasteiger partial charge in [-0.05, 0) is 18.2 Å². The van der Waals surface area contributed by atoms with Crippen LogP contribution in [0.5, 0.6) is 23.0 Å². The first kappa shape index (κ1) is 15.2. The van der Waals surface area contributed by atoms with Crippen LogP contribution in [0, 0.1) is 0 Å². The summed E-state index contributed by atoms with van der Waals surface area (Å²) in [5.41, 5.74) is 1.59. The van der Waals surface area contributed by atoms with Gasteiger partial charge in [-0.2, -0.15) is 0 Å². The predicted octanol–water partition coefficient (Wildman–Crippen LogP) is 2.96. The second-order valence-corrected chi connectivity index (χ2v) is 5.20. The van der Waals surface area contributed by atoms with Crippen molar-refractivity contribution in [2.75, 3.05) is 21.3 Å². The Hall–Kier alpha value is -2.69. The molecule has 2 aromatic carbocycles. The van der Waals surface area contributed by atoms with Crippen LogP contribution in [0.25, 0.3) is 0 Å². The zero-order valence-corrected chi connectivity index (χ0v) is 13.3. The summed E-state index contributed by atoms with van der Waals surface area (Å²) < 4.78 is 21.8. The number of rotatable bonds is 4. The van der Waals surface area contributed by atoms with Crippen molar-refractivity contribution in [3.63, 3.8) is 0 Å². The van der Waals surface area contributed by atoms with Gasteiger partial charge in [0.2, 0.25) is 5.75 Å². The Morgan fingerprint density at radius 3 is 2.30 bits per heavy atom. The molecule has 0 saturated carbocycles. The van der Waals surface area contributed by atoms with Gasteiger partial charge in [-0.25, -0.2) is 0 Å². The highest BCUT2D eigenvalue weighted by molar-refractivity contribution is 5.89. The van der Waals surface area contributed by atoms with Crippen molar-refractivity contribution >= 4 is 5.78 Å². The zero-order valence-electron chi connectivity index (χ0n) is 13.3. The van der Waals surface area contributed by atoms with Crippen LogP contribution >= 0.6 is 0 Å². The average Bonchev–Trinajstić information content (AvgIpc) is 2.60. The molecule has 0 aliphatic carbocycles. The minimum Gasteiger partial charge on any atom is -0.497 e. The van der Waals surface area contributed by atoms with Gasteiger partial charge in [0.1, 0.15) is 5.75 Å². The zero-order chi connectivity index (χ0) is 16.4. The molecule has 0 N–H and O–H groups in total. The number of carbonyl (C=O) groups excluding carboxylic acids is 1. The molecule has 0 bridgehead atoms. The Labute approximate surface area is 134 Å². The Morgan fingerprint density at radius 1 is 0.957 bits per heavy atom. The van der Waals surface area contributed by atoms with Crippen molar-refractivity contribution in [3.05, 3.63) is 47.5 Å². The van der Waals surface area contributed by atoms with Gasteiger partial charge in [0.05, 0.1) is 21.3 Å². The van der Waals surface area contributed by atoms with E-state index in [9.17, 15) is 4.79 Å². The number of benzene rings is 2. The third kappa shape index (κ3) is 2.70. The Morgan fingerprint density at radius 2 is 1.70 bits per heavy atom. The SMILES string of the molecule is COc1ccc([C@H]2Oc3c(ccc(OC)c3OC)CC2=O)cc1. The number of ether oxygens (including phenoxy) is 4. The molecular weight excluding hydrogens is 296 g/mol. The second-order valence-electron chi connectivity index (χ2n) is 5.20. The molecule has 0 aromatic heterocycles. The minimum absolute atomic E-state index is 0.00915. The fraction of sp³-hybridized carbons (Fsp3) is 0.278. The van der Waals surface area contributed by atoms with Crippen molar-refractivity contribution in [3.8, 4) is 23.0 Å². The Kier molecular flexibility index (Phi) is 4.10. The molecule has 0 amide bonds. The first-order chi connectivity index (χ1) is 11.2. The molecule has 2 aromatic rings. The standard InChI is InChI=1S/C18H18O5/c1-20-13-7-4-11(5-8-13)16-14(19)10-12-6-9-15(21-2)18(22-3)17(12)23-16/h4-9,16H,10H2,1-3H3/t16-/m1/s1. The van der Waals surface area contributed by atoms with Gasteiger partial charge in [-0.3, -0.25) is 4.79 Å². The molecule has 1 atom stereocenters. The minimum atomic E-state index is -0.658. The lowest BCUT2D eigenvalue weighted by molar-refractivity contribution is -0.126. The predicted molar refractivity (Wildman–Crippen MR) is 84.6 cm³/mol. The fourth-order valence-electron chi connectivity index (χ4n) is 2.70. The summed E-state index contributed by atoms with van der Waals surface area (Å²) in [5.74, 6) is 2.39. The van der Waals surface area contributed by atoms with Crippen molar-refractivity contribution in [1.29, 1.82) is 0 Å². The molecule has 1 aliphatic heterocycles. The van der Waals surface area contributed by atoms with Gasteiger partial charge in [-0.1, -0.05) is 18.2 Å². The summed E-state index contributed by atoms with van der Waals surface area (Å²) in [7, 11) is 4.73. The first-order valence-corrected chi connectivity index (χ1v) is 7.25. The van der Waals surface area contributed by atoms with E-state index in [-0.39, 0.29) is 5.78 Å². The van der Waals surface area contributed by atoms with Crippen LogP contribution in [-0.4, -0.2) is 27.1 Å². The molecule has 0 radical (unpaired) electrons. The molecule has 3 rings (SSSR count). The van der Waals surface area contributed by atoms with Gasteiger partial charge in [-0.15, -0.1) is 0 Å². The van der Waals surface area contributed by atoms with Crippen LogP contribution < -0.4 is 18.9 Å². The molecule has 0 unspecified atom stereocenters. The Balaban J connectivity index is 1.99.